The first-order valence-electron chi connectivity index (χ1n) is 6.73. The molecule has 0 aromatic heterocycles. The summed E-state index contributed by atoms with van der Waals surface area (Å²) >= 11 is 3.03. The summed E-state index contributed by atoms with van der Waals surface area (Å²) in [5.41, 5.74) is -1.14. The maximum Gasteiger partial charge on any atom is 0.417 e. The summed E-state index contributed by atoms with van der Waals surface area (Å²) in [6, 6.07) is 3.69. The SMILES string of the molecule is Cl.O=C(c1ccc(Br)cc1C(F)(F)F)N1C[C@H]2CNC[C@H]2C1. The van der Waals surface area contributed by atoms with Gasteiger partial charge in [-0.3, -0.25) is 4.79 Å². The lowest BCUT2D eigenvalue weighted by atomic mass is 10.0. The van der Waals surface area contributed by atoms with Crippen LogP contribution in [0.1, 0.15) is 15.9 Å². The van der Waals surface area contributed by atoms with Crippen molar-refractivity contribution in [2.45, 2.75) is 6.18 Å². The van der Waals surface area contributed by atoms with Crippen LogP contribution < -0.4 is 5.32 Å². The number of likely N-dealkylation sites (tertiary alicyclic amines) is 1. The zero-order valence-corrected chi connectivity index (χ0v) is 13.9. The molecule has 3 rings (SSSR count). The second kappa shape index (κ2) is 6.37. The number of benzene rings is 1. The molecule has 2 aliphatic heterocycles. The van der Waals surface area contributed by atoms with Crippen molar-refractivity contribution in [1.82, 2.24) is 10.2 Å². The topological polar surface area (TPSA) is 32.3 Å². The van der Waals surface area contributed by atoms with Gasteiger partial charge in [-0.1, -0.05) is 15.9 Å². The highest BCUT2D eigenvalue weighted by molar-refractivity contribution is 9.10. The molecule has 1 aromatic rings. The van der Waals surface area contributed by atoms with E-state index in [1.54, 1.807) is 4.90 Å². The molecule has 3 nitrogen and oxygen atoms in total. The number of nitrogens with one attached hydrogen (secondary N) is 1. The van der Waals surface area contributed by atoms with E-state index >= 15 is 0 Å². The third-order valence-corrected chi connectivity index (χ3v) is 4.69. The van der Waals surface area contributed by atoms with Gasteiger partial charge in [-0.25, -0.2) is 0 Å². The van der Waals surface area contributed by atoms with Crippen LogP contribution in [0.15, 0.2) is 22.7 Å². The zero-order valence-electron chi connectivity index (χ0n) is 11.5. The Morgan fingerprint density at radius 3 is 2.36 bits per heavy atom. The van der Waals surface area contributed by atoms with Crippen LogP contribution >= 0.6 is 28.3 Å². The molecule has 0 unspecified atom stereocenters. The molecule has 0 spiro atoms. The molecule has 122 valence electrons. The minimum absolute atomic E-state index is 0. The van der Waals surface area contributed by atoms with Crippen molar-refractivity contribution in [2.24, 2.45) is 11.8 Å². The maximum absolute atomic E-state index is 13.1. The Hall–Kier alpha value is -0.790. The van der Waals surface area contributed by atoms with E-state index in [9.17, 15) is 18.0 Å². The number of nitrogens with zero attached hydrogens (tertiary/aromatic N) is 1. The minimum atomic E-state index is -4.54. The molecule has 2 heterocycles. The first kappa shape index (κ1) is 17.6. The summed E-state index contributed by atoms with van der Waals surface area (Å²) in [5, 5.41) is 3.24. The average Bonchev–Trinajstić information content (AvgIpc) is 2.97. The Bertz CT molecular complexity index is 570. The number of rotatable bonds is 1. The molecular weight excluding hydrogens is 385 g/mol. The van der Waals surface area contributed by atoms with E-state index in [1.807, 2.05) is 0 Å². The molecule has 1 N–H and O–H groups in total. The first-order chi connectivity index (χ1) is 9.86. The van der Waals surface area contributed by atoms with Crippen LogP contribution in [0.3, 0.4) is 0 Å². The normalized spacial score (nSPS) is 24.1. The number of hydrogen-bond acceptors (Lipinski definition) is 2. The summed E-state index contributed by atoms with van der Waals surface area (Å²) in [7, 11) is 0. The fraction of sp³-hybridized carbons (Fsp3) is 0.500. The quantitative estimate of drug-likeness (QED) is 0.787. The molecule has 0 bridgehead atoms. The lowest BCUT2D eigenvalue weighted by Gasteiger charge is -2.20. The van der Waals surface area contributed by atoms with Gasteiger partial charge in [0, 0.05) is 30.7 Å². The third kappa shape index (κ3) is 3.26. The third-order valence-electron chi connectivity index (χ3n) is 4.19. The fourth-order valence-electron chi connectivity index (χ4n) is 3.13. The number of halogens is 5. The number of carbonyl (C=O) groups excluding carboxylic acids is 1. The standard InChI is InChI=1S/C14H14BrF3N2O.ClH/c15-10-1-2-11(12(3-10)14(16,17)18)13(21)20-6-8-4-19-5-9(8)7-20;/h1-3,8-9,19H,4-7H2;1H/t8-,9+;. The van der Waals surface area contributed by atoms with Gasteiger partial charge < -0.3 is 10.2 Å². The molecule has 1 amide bonds. The molecule has 0 saturated carbocycles. The van der Waals surface area contributed by atoms with Gasteiger partial charge in [-0.05, 0) is 30.0 Å². The zero-order chi connectivity index (χ0) is 15.2. The van der Waals surface area contributed by atoms with E-state index in [0.717, 1.165) is 19.2 Å². The van der Waals surface area contributed by atoms with Crippen LogP contribution in [0, 0.1) is 11.8 Å². The molecule has 2 aliphatic rings. The summed E-state index contributed by atoms with van der Waals surface area (Å²) in [5.74, 6) is 0.196. The second-order valence-corrected chi connectivity index (χ2v) is 6.49. The van der Waals surface area contributed by atoms with Gasteiger partial charge in [-0.15, -0.1) is 12.4 Å². The minimum Gasteiger partial charge on any atom is -0.338 e. The van der Waals surface area contributed by atoms with Gasteiger partial charge in [0.1, 0.15) is 0 Å². The van der Waals surface area contributed by atoms with E-state index in [4.69, 9.17) is 0 Å². The van der Waals surface area contributed by atoms with Crippen molar-refractivity contribution in [1.29, 1.82) is 0 Å². The van der Waals surface area contributed by atoms with Crippen LogP contribution in [-0.4, -0.2) is 37.0 Å². The Morgan fingerprint density at radius 2 is 1.82 bits per heavy atom. The van der Waals surface area contributed by atoms with Gasteiger partial charge in [-0.2, -0.15) is 13.2 Å². The summed E-state index contributed by atoms with van der Waals surface area (Å²) in [6.07, 6.45) is -4.54. The van der Waals surface area contributed by atoms with E-state index < -0.39 is 17.6 Å². The molecule has 0 aliphatic carbocycles. The van der Waals surface area contributed by atoms with Crippen LogP contribution in [0.25, 0.3) is 0 Å². The first-order valence-corrected chi connectivity index (χ1v) is 7.52. The van der Waals surface area contributed by atoms with Crippen LogP contribution in [0.2, 0.25) is 0 Å². The highest BCUT2D eigenvalue weighted by Crippen LogP contribution is 2.35. The molecule has 0 radical (unpaired) electrons. The van der Waals surface area contributed by atoms with Crippen molar-refractivity contribution >= 4 is 34.2 Å². The second-order valence-electron chi connectivity index (χ2n) is 5.58. The molecule has 1 aromatic carbocycles. The van der Waals surface area contributed by atoms with Gasteiger partial charge in [0.25, 0.3) is 5.91 Å². The number of carbonyl (C=O) groups is 1. The summed E-state index contributed by atoms with van der Waals surface area (Å²) < 4.78 is 39.6. The molecule has 8 heteroatoms. The maximum atomic E-state index is 13.1. The van der Waals surface area contributed by atoms with Gasteiger partial charge >= 0.3 is 6.18 Å². The predicted molar refractivity (Wildman–Crippen MR) is 82.1 cm³/mol. The smallest absolute Gasteiger partial charge is 0.338 e. The van der Waals surface area contributed by atoms with Gasteiger partial charge in [0.15, 0.2) is 0 Å². The molecule has 22 heavy (non-hydrogen) atoms. The highest BCUT2D eigenvalue weighted by atomic mass is 79.9. The Kier molecular flexibility index (Phi) is 5.09. The van der Waals surface area contributed by atoms with Crippen LogP contribution in [0.5, 0.6) is 0 Å². The lowest BCUT2D eigenvalue weighted by molar-refractivity contribution is -0.138. The average molecular weight is 400 g/mol. The van der Waals surface area contributed by atoms with Crippen LogP contribution in [0.4, 0.5) is 13.2 Å². The predicted octanol–water partition coefficient (Wildman–Crippen LogP) is 3.18. The summed E-state index contributed by atoms with van der Waals surface area (Å²) in [6.45, 7) is 2.73. The van der Waals surface area contributed by atoms with Crippen molar-refractivity contribution < 1.29 is 18.0 Å². The van der Waals surface area contributed by atoms with E-state index in [0.29, 0.717) is 29.4 Å². The van der Waals surface area contributed by atoms with E-state index in [2.05, 4.69) is 21.2 Å². The largest absolute Gasteiger partial charge is 0.417 e. The van der Waals surface area contributed by atoms with Gasteiger partial charge in [0.2, 0.25) is 0 Å². The van der Waals surface area contributed by atoms with Crippen molar-refractivity contribution in [3.8, 4) is 0 Å². The highest BCUT2D eigenvalue weighted by Gasteiger charge is 2.41. The number of fused-ring (bicyclic) bond motifs is 1. The van der Waals surface area contributed by atoms with Gasteiger partial charge in [0.05, 0.1) is 11.1 Å². The Balaban J connectivity index is 0.00000176. The Labute approximate surface area is 140 Å². The lowest BCUT2D eigenvalue weighted by Crippen LogP contribution is -2.33. The molecular formula is C14H15BrClF3N2O. The van der Waals surface area contributed by atoms with Crippen LogP contribution in [-0.2, 0) is 6.18 Å². The Morgan fingerprint density at radius 1 is 1.23 bits per heavy atom. The van der Waals surface area contributed by atoms with Crippen molar-refractivity contribution in [3.05, 3.63) is 33.8 Å². The number of amides is 1. The van der Waals surface area contributed by atoms with E-state index in [1.165, 1.54) is 12.1 Å². The fourth-order valence-corrected chi connectivity index (χ4v) is 3.49. The van der Waals surface area contributed by atoms with Crippen molar-refractivity contribution in [3.63, 3.8) is 0 Å². The summed E-state index contributed by atoms with van der Waals surface area (Å²) in [4.78, 5) is 14.0. The van der Waals surface area contributed by atoms with Crippen molar-refractivity contribution in [2.75, 3.05) is 26.2 Å². The monoisotopic (exact) mass is 398 g/mol. The number of alkyl halides is 3. The molecule has 2 saturated heterocycles. The molecule has 2 atom stereocenters. The number of hydrogen-bond donors (Lipinski definition) is 1. The molecule has 2 fully saturated rings. The van der Waals surface area contributed by atoms with E-state index in [-0.39, 0.29) is 18.0 Å².